The van der Waals surface area contributed by atoms with Gasteiger partial charge in [0, 0.05) is 25.8 Å². The van der Waals surface area contributed by atoms with Gasteiger partial charge in [-0.2, -0.15) is 0 Å². The topological polar surface area (TPSA) is 63.7 Å². The number of guanidine groups is 1. The normalized spacial score (nSPS) is 14.6. The second-order valence-electron chi connectivity index (χ2n) is 3.52. The Morgan fingerprint density at radius 3 is 3.19 bits per heavy atom. The maximum Gasteiger partial charge on any atom is 0.196 e. The van der Waals surface area contributed by atoms with E-state index in [1.807, 2.05) is 11.0 Å². The van der Waals surface area contributed by atoms with Crippen LogP contribution < -0.4 is 5.73 Å². The van der Waals surface area contributed by atoms with Gasteiger partial charge in [0.1, 0.15) is 5.15 Å². The molecule has 0 unspecified atom stereocenters. The highest BCUT2D eigenvalue weighted by Crippen LogP contribution is 2.26. The first-order chi connectivity index (χ1) is 7.70. The van der Waals surface area contributed by atoms with Crippen molar-refractivity contribution in [3.05, 3.63) is 23.0 Å². The third-order valence-electron chi connectivity index (χ3n) is 2.42. The monoisotopic (exact) mass is 240 g/mol. The molecule has 0 amide bonds. The minimum atomic E-state index is 0.473. The van der Waals surface area contributed by atoms with Crippen LogP contribution in [0.25, 0.3) is 0 Å². The Bertz CT molecular complexity index is 421. The lowest BCUT2D eigenvalue weighted by Crippen LogP contribution is -2.40. The largest absolute Gasteiger partial charge is 0.383 e. The number of methoxy groups -OCH3 is 1. The number of hydrogen-bond acceptors (Lipinski definition) is 5. The van der Waals surface area contributed by atoms with Crippen LogP contribution in [0.5, 0.6) is 0 Å². The van der Waals surface area contributed by atoms with Crippen molar-refractivity contribution >= 4 is 23.2 Å². The van der Waals surface area contributed by atoms with E-state index >= 15 is 0 Å². The van der Waals surface area contributed by atoms with E-state index in [2.05, 4.69) is 9.98 Å². The van der Waals surface area contributed by atoms with Gasteiger partial charge < -0.3 is 15.4 Å². The maximum absolute atomic E-state index is 5.83. The van der Waals surface area contributed by atoms with Gasteiger partial charge in [0.15, 0.2) is 5.96 Å². The number of ether oxygens (including phenoxy) is 1. The van der Waals surface area contributed by atoms with Crippen LogP contribution >= 0.6 is 11.6 Å². The fourth-order valence-corrected chi connectivity index (χ4v) is 1.74. The van der Waals surface area contributed by atoms with Gasteiger partial charge in [-0.05, 0) is 6.07 Å². The van der Waals surface area contributed by atoms with Crippen LogP contribution in [0.1, 0.15) is 5.56 Å². The molecule has 0 radical (unpaired) electrons. The Morgan fingerprint density at radius 2 is 2.44 bits per heavy atom. The molecule has 2 N–H and O–H groups in total. The first-order valence-electron chi connectivity index (χ1n) is 4.93. The SMILES string of the molecule is COCCN1Cc2cc(Cl)ncc2N=C1N. The number of hydrogen-bond donors (Lipinski definition) is 1. The molecule has 86 valence electrons. The average Bonchev–Trinajstić information content (AvgIpc) is 2.27. The number of aliphatic imine (C=N–C) groups is 1. The van der Waals surface area contributed by atoms with E-state index in [9.17, 15) is 0 Å². The van der Waals surface area contributed by atoms with Crippen molar-refractivity contribution in [2.24, 2.45) is 10.7 Å². The van der Waals surface area contributed by atoms with Crippen molar-refractivity contribution in [2.75, 3.05) is 20.3 Å². The quantitative estimate of drug-likeness (QED) is 0.805. The molecule has 0 saturated heterocycles. The van der Waals surface area contributed by atoms with Gasteiger partial charge in [-0.25, -0.2) is 9.98 Å². The van der Waals surface area contributed by atoms with Gasteiger partial charge in [0.05, 0.1) is 18.5 Å². The zero-order chi connectivity index (χ0) is 11.5. The van der Waals surface area contributed by atoms with Crippen LogP contribution in [-0.4, -0.2) is 36.1 Å². The molecule has 0 spiro atoms. The molecule has 0 saturated carbocycles. The lowest BCUT2D eigenvalue weighted by atomic mass is 10.2. The summed E-state index contributed by atoms with van der Waals surface area (Å²) in [5.74, 6) is 0.494. The number of nitrogens with zero attached hydrogens (tertiary/aromatic N) is 3. The van der Waals surface area contributed by atoms with Crippen LogP contribution in [0.4, 0.5) is 5.69 Å². The van der Waals surface area contributed by atoms with E-state index in [4.69, 9.17) is 22.1 Å². The van der Waals surface area contributed by atoms with Crippen molar-refractivity contribution < 1.29 is 4.74 Å². The Hall–Kier alpha value is -1.33. The maximum atomic E-state index is 5.83. The molecule has 1 aromatic rings. The predicted molar refractivity (Wildman–Crippen MR) is 62.8 cm³/mol. The van der Waals surface area contributed by atoms with Gasteiger partial charge in [-0.3, -0.25) is 0 Å². The number of nitrogens with two attached hydrogens (primary N) is 1. The molecule has 0 bridgehead atoms. The number of fused-ring (bicyclic) bond motifs is 1. The Balaban J connectivity index is 2.21. The van der Waals surface area contributed by atoms with E-state index in [1.54, 1.807) is 13.3 Å². The minimum absolute atomic E-state index is 0.473. The van der Waals surface area contributed by atoms with E-state index in [0.29, 0.717) is 30.8 Å². The molecule has 2 heterocycles. The summed E-state index contributed by atoms with van der Waals surface area (Å²) in [6, 6.07) is 1.81. The molecular formula is C10H13ClN4O. The molecular weight excluding hydrogens is 228 g/mol. The second kappa shape index (κ2) is 4.67. The number of halogens is 1. The van der Waals surface area contributed by atoms with Crippen molar-refractivity contribution in [1.29, 1.82) is 0 Å². The molecule has 0 aliphatic carbocycles. The standard InChI is InChI=1S/C10H13ClN4O/c1-16-3-2-15-6-7-4-9(11)13-5-8(7)14-10(15)12/h4-5H,2-3,6H2,1H3,(H2,12,14). The van der Waals surface area contributed by atoms with Gasteiger partial charge in [0.25, 0.3) is 0 Å². The minimum Gasteiger partial charge on any atom is -0.383 e. The molecule has 6 heteroatoms. The molecule has 1 aromatic heterocycles. The average molecular weight is 241 g/mol. The van der Waals surface area contributed by atoms with Crippen LogP contribution in [0.2, 0.25) is 5.15 Å². The van der Waals surface area contributed by atoms with Crippen LogP contribution in [-0.2, 0) is 11.3 Å². The smallest absolute Gasteiger partial charge is 0.196 e. The fraction of sp³-hybridized carbons (Fsp3) is 0.400. The summed E-state index contributed by atoms with van der Waals surface area (Å²) in [6.45, 7) is 2.02. The highest BCUT2D eigenvalue weighted by Gasteiger charge is 2.17. The Labute approximate surface area is 98.9 Å². The molecule has 16 heavy (non-hydrogen) atoms. The fourth-order valence-electron chi connectivity index (χ4n) is 1.56. The molecule has 2 rings (SSSR count). The summed E-state index contributed by atoms with van der Waals surface area (Å²) in [5.41, 5.74) is 7.65. The number of aromatic nitrogens is 1. The zero-order valence-electron chi connectivity index (χ0n) is 8.98. The van der Waals surface area contributed by atoms with Crippen molar-refractivity contribution in [3.63, 3.8) is 0 Å². The summed E-state index contributed by atoms with van der Waals surface area (Å²) < 4.78 is 5.01. The predicted octanol–water partition coefficient (Wildman–Crippen LogP) is 1.14. The van der Waals surface area contributed by atoms with Gasteiger partial charge in [-0.15, -0.1) is 0 Å². The lowest BCUT2D eigenvalue weighted by Gasteiger charge is -2.27. The van der Waals surface area contributed by atoms with Gasteiger partial charge in [0.2, 0.25) is 0 Å². The van der Waals surface area contributed by atoms with Crippen LogP contribution in [0.3, 0.4) is 0 Å². The molecule has 0 aromatic carbocycles. The summed E-state index contributed by atoms with van der Waals surface area (Å²) in [4.78, 5) is 10.2. The third-order valence-corrected chi connectivity index (χ3v) is 2.62. The summed E-state index contributed by atoms with van der Waals surface area (Å²) in [5, 5.41) is 0.473. The lowest BCUT2D eigenvalue weighted by molar-refractivity contribution is 0.173. The molecule has 5 nitrogen and oxygen atoms in total. The second-order valence-corrected chi connectivity index (χ2v) is 3.91. The van der Waals surface area contributed by atoms with Crippen molar-refractivity contribution in [3.8, 4) is 0 Å². The number of pyridine rings is 1. The molecule has 0 atom stereocenters. The van der Waals surface area contributed by atoms with Gasteiger partial charge in [-0.1, -0.05) is 11.6 Å². The summed E-state index contributed by atoms with van der Waals surface area (Å²) in [7, 11) is 1.66. The van der Waals surface area contributed by atoms with E-state index in [-0.39, 0.29) is 0 Å². The zero-order valence-corrected chi connectivity index (χ0v) is 9.74. The molecule has 1 aliphatic heterocycles. The van der Waals surface area contributed by atoms with Crippen molar-refractivity contribution in [1.82, 2.24) is 9.88 Å². The number of rotatable bonds is 3. The highest BCUT2D eigenvalue weighted by atomic mass is 35.5. The first kappa shape index (κ1) is 11.2. The molecule has 1 aliphatic rings. The Morgan fingerprint density at radius 1 is 1.62 bits per heavy atom. The highest BCUT2D eigenvalue weighted by molar-refractivity contribution is 6.29. The van der Waals surface area contributed by atoms with E-state index in [0.717, 1.165) is 11.3 Å². The summed E-state index contributed by atoms with van der Waals surface area (Å²) >= 11 is 5.83. The van der Waals surface area contributed by atoms with Crippen LogP contribution in [0, 0.1) is 0 Å². The van der Waals surface area contributed by atoms with Crippen molar-refractivity contribution in [2.45, 2.75) is 6.54 Å². The van der Waals surface area contributed by atoms with Crippen LogP contribution in [0.15, 0.2) is 17.3 Å². The summed E-state index contributed by atoms with van der Waals surface area (Å²) in [6.07, 6.45) is 1.64. The molecule has 0 fully saturated rings. The van der Waals surface area contributed by atoms with E-state index < -0.39 is 0 Å². The first-order valence-corrected chi connectivity index (χ1v) is 5.31. The third kappa shape index (κ3) is 2.25. The Kier molecular flexibility index (Phi) is 3.26. The van der Waals surface area contributed by atoms with Gasteiger partial charge >= 0.3 is 0 Å². The van der Waals surface area contributed by atoms with E-state index in [1.165, 1.54) is 0 Å².